The van der Waals surface area contributed by atoms with Crippen molar-refractivity contribution in [2.24, 2.45) is 18.4 Å². The zero-order valence-corrected chi connectivity index (χ0v) is 12.2. The molecule has 1 saturated carbocycles. The number of hydrogen-bond acceptors (Lipinski definition) is 3. The highest BCUT2D eigenvalue weighted by molar-refractivity contribution is 5.98. The highest BCUT2D eigenvalue weighted by atomic mass is 16.2. The summed E-state index contributed by atoms with van der Waals surface area (Å²) in [6.45, 7) is 3.95. The molecule has 1 aliphatic heterocycles. The summed E-state index contributed by atoms with van der Waals surface area (Å²) in [5, 5.41) is 0.549. The monoisotopic (exact) mass is 283 g/mol. The number of piperidine rings is 1. The molecular formula is C16H17N3O2. The smallest absolute Gasteiger partial charge is 0.260 e. The van der Waals surface area contributed by atoms with Crippen LogP contribution in [0.3, 0.4) is 0 Å². The van der Waals surface area contributed by atoms with E-state index in [9.17, 15) is 9.59 Å². The fourth-order valence-corrected chi connectivity index (χ4v) is 3.43. The predicted molar refractivity (Wildman–Crippen MR) is 79.1 cm³/mol. The Morgan fingerprint density at radius 2 is 2.24 bits per heavy atom. The lowest BCUT2D eigenvalue weighted by Crippen LogP contribution is -2.31. The maximum absolute atomic E-state index is 12.6. The van der Waals surface area contributed by atoms with E-state index < -0.39 is 0 Å². The van der Waals surface area contributed by atoms with Gasteiger partial charge in [-0.1, -0.05) is 6.92 Å². The molecule has 2 heterocycles. The lowest BCUT2D eigenvalue weighted by Gasteiger charge is -2.19. The Hall–Kier alpha value is -2.17. The van der Waals surface area contributed by atoms with Gasteiger partial charge in [0, 0.05) is 25.7 Å². The first kappa shape index (κ1) is 12.6. The highest BCUT2D eigenvalue weighted by Gasteiger charge is 2.57. The second-order valence-corrected chi connectivity index (χ2v) is 6.63. The standard InChI is InChI=1S/C16H17N3O2/c1-16-6-11(16)7-19(8-16)14(20)10-3-4-12-13(5-10)17-9-18(2)15(12)21/h3-5,9,11H,6-8H2,1-2H3. The van der Waals surface area contributed by atoms with Crippen LogP contribution in [0.1, 0.15) is 23.7 Å². The summed E-state index contributed by atoms with van der Waals surface area (Å²) >= 11 is 0. The van der Waals surface area contributed by atoms with Crippen molar-refractivity contribution in [3.8, 4) is 0 Å². The van der Waals surface area contributed by atoms with E-state index in [1.807, 2.05) is 4.90 Å². The second kappa shape index (κ2) is 3.93. The average molecular weight is 283 g/mol. The van der Waals surface area contributed by atoms with Gasteiger partial charge in [-0.25, -0.2) is 4.98 Å². The molecule has 1 aromatic heterocycles. The number of nitrogens with zero attached hydrogens (tertiary/aromatic N) is 3. The largest absolute Gasteiger partial charge is 0.338 e. The zero-order chi connectivity index (χ0) is 14.8. The molecule has 1 saturated heterocycles. The maximum atomic E-state index is 12.6. The molecule has 2 unspecified atom stereocenters. The van der Waals surface area contributed by atoms with Gasteiger partial charge in [-0.15, -0.1) is 0 Å². The molecule has 1 aliphatic carbocycles. The third-order valence-corrected chi connectivity index (χ3v) is 4.98. The predicted octanol–water partition coefficient (Wildman–Crippen LogP) is 1.42. The Bertz CT molecular complexity index is 826. The summed E-state index contributed by atoms with van der Waals surface area (Å²) in [5.41, 5.74) is 1.46. The van der Waals surface area contributed by atoms with E-state index in [4.69, 9.17) is 0 Å². The summed E-state index contributed by atoms with van der Waals surface area (Å²) in [5.74, 6) is 0.722. The molecule has 21 heavy (non-hydrogen) atoms. The molecule has 2 atom stereocenters. The SMILES string of the molecule is Cn1cnc2cc(C(=O)N3CC4CC4(C)C3)ccc2c1=O. The minimum absolute atomic E-state index is 0.0489. The van der Waals surface area contributed by atoms with Crippen LogP contribution in [-0.4, -0.2) is 33.4 Å². The van der Waals surface area contributed by atoms with Gasteiger partial charge in [0.1, 0.15) is 0 Å². The molecule has 0 radical (unpaired) electrons. The van der Waals surface area contributed by atoms with Crippen LogP contribution in [0.5, 0.6) is 0 Å². The van der Waals surface area contributed by atoms with Gasteiger partial charge in [0.05, 0.1) is 17.2 Å². The number of hydrogen-bond donors (Lipinski definition) is 0. The van der Waals surface area contributed by atoms with Crippen molar-refractivity contribution in [1.29, 1.82) is 0 Å². The maximum Gasteiger partial charge on any atom is 0.260 e. The first-order chi connectivity index (χ1) is 9.98. The minimum atomic E-state index is -0.0890. The van der Waals surface area contributed by atoms with Gasteiger partial charge in [0.2, 0.25) is 0 Å². The lowest BCUT2D eigenvalue weighted by molar-refractivity contribution is 0.0767. The Balaban J connectivity index is 1.69. The topological polar surface area (TPSA) is 55.2 Å². The van der Waals surface area contributed by atoms with E-state index in [1.165, 1.54) is 17.3 Å². The first-order valence-corrected chi connectivity index (χ1v) is 7.23. The molecule has 4 rings (SSSR count). The zero-order valence-electron chi connectivity index (χ0n) is 12.2. The first-order valence-electron chi connectivity index (χ1n) is 7.23. The van der Waals surface area contributed by atoms with Crippen LogP contribution in [0.2, 0.25) is 0 Å². The molecule has 5 heteroatoms. The van der Waals surface area contributed by atoms with Gasteiger partial charge < -0.3 is 9.47 Å². The molecule has 108 valence electrons. The van der Waals surface area contributed by atoms with Crippen molar-refractivity contribution < 1.29 is 4.79 Å². The Kier molecular flexibility index (Phi) is 2.35. The second-order valence-electron chi connectivity index (χ2n) is 6.63. The van der Waals surface area contributed by atoms with E-state index in [0.29, 0.717) is 27.8 Å². The fraction of sp³-hybridized carbons (Fsp3) is 0.438. The molecule has 2 aromatic rings. The number of benzene rings is 1. The normalized spacial score (nSPS) is 27.0. The number of rotatable bonds is 1. The third-order valence-electron chi connectivity index (χ3n) is 4.98. The number of fused-ring (bicyclic) bond motifs is 2. The van der Waals surface area contributed by atoms with Crippen LogP contribution < -0.4 is 5.56 Å². The number of carbonyl (C=O) groups is 1. The van der Waals surface area contributed by atoms with Crippen molar-refractivity contribution in [3.05, 3.63) is 40.4 Å². The van der Waals surface area contributed by atoms with E-state index >= 15 is 0 Å². The molecular weight excluding hydrogens is 266 g/mol. The Morgan fingerprint density at radius 1 is 1.43 bits per heavy atom. The third kappa shape index (κ3) is 1.80. The number of amides is 1. The van der Waals surface area contributed by atoms with Crippen LogP contribution in [0, 0.1) is 11.3 Å². The van der Waals surface area contributed by atoms with Gasteiger partial charge in [-0.3, -0.25) is 9.59 Å². The number of aromatic nitrogens is 2. The van der Waals surface area contributed by atoms with Gasteiger partial charge >= 0.3 is 0 Å². The average Bonchev–Trinajstić information content (AvgIpc) is 2.99. The van der Waals surface area contributed by atoms with Gasteiger partial charge in [0.25, 0.3) is 11.5 Å². The van der Waals surface area contributed by atoms with Gasteiger partial charge in [-0.2, -0.15) is 0 Å². The van der Waals surface area contributed by atoms with E-state index in [0.717, 1.165) is 13.1 Å². The number of aryl methyl sites for hydroxylation is 1. The highest BCUT2D eigenvalue weighted by Crippen LogP contribution is 2.57. The molecule has 0 N–H and O–H groups in total. The summed E-state index contributed by atoms with van der Waals surface area (Å²) in [7, 11) is 1.67. The van der Waals surface area contributed by atoms with Gasteiger partial charge in [0.15, 0.2) is 0 Å². The van der Waals surface area contributed by atoms with E-state index in [2.05, 4.69) is 11.9 Å². The van der Waals surface area contributed by atoms with Crippen molar-refractivity contribution >= 4 is 16.8 Å². The summed E-state index contributed by atoms with van der Waals surface area (Å²) in [6, 6.07) is 5.17. The van der Waals surface area contributed by atoms with Crippen LogP contribution in [0.25, 0.3) is 10.9 Å². The van der Waals surface area contributed by atoms with Crippen LogP contribution in [-0.2, 0) is 7.05 Å². The number of likely N-dealkylation sites (tertiary alicyclic amines) is 1. The van der Waals surface area contributed by atoms with Crippen LogP contribution in [0.15, 0.2) is 29.3 Å². The van der Waals surface area contributed by atoms with E-state index in [1.54, 1.807) is 25.2 Å². The molecule has 2 fully saturated rings. The van der Waals surface area contributed by atoms with Crippen molar-refractivity contribution in [1.82, 2.24) is 14.5 Å². The molecule has 5 nitrogen and oxygen atoms in total. The van der Waals surface area contributed by atoms with Crippen LogP contribution >= 0.6 is 0 Å². The van der Waals surface area contributed by atoms with Crippen molar-refractivity contribution in [2.75, 3.05) is 13.1 Å². The number of carbonyl (C=O) groups excluding carboxylic acids is 1. The minimum Gasteiger partial charge on any atom is -0.338 e. The fourth-order valence-electron chi connectivity index (χ4n) is 3.43. The quantitative estimate of drug-likeness (QED) is 0.795. The molecule has 1 amide bonds. The Labute approximate surface area is 122 Å². The molecule has 2 aliphatic rings. The Morgan fingerprint density at radius 3 is 2.95 bits per heavy atom. The van der Waals surface area contributed by atoms with Crippen LogP contribution in [0.4, 0.5) is 0 Å². The van der Waals surface area contributed by atoms with E-state index in [-0.39, 0.29) is 11.5 Å². The summed E-state index contributed by atoms with van der Waals surface area (Å²) < 4.78 is 1.44. The summed E-state index contributed by atoms with van der Waals surface area (Å²) in [4.78, 5) is 30.7. The molecule has 0 bridgehead atoms. The van der Waals surface area contributed by atoms with Crippen molar-refractivity contribution in [2.45, 2.75) is 13.3 Å². The van der Waals surface area contributed by atoms with Gasteiger partial charge in [-0.05, 0) is 36.0 Å². The van der Waals surface area contributed by atoms with Crippen molar-refractivity contribution in [3.63, 3.8) is 0 Å². The lowest BCUT2D eigenvalue weighted by atomic mass is 10.1. The summed E-state index contributed by atoms with van der Waals surface area (Å²) in [6.07, 6.45) is 2.73. The molecule has 0 spiro atoms. The molecule has 1 aromatic carbocycles.